The molecule has 2 nitrogen and oxygen atoms in total. The maximum atomic E-state index is 4.91. The number of hydrogen-bond acceptors (Lipinski definition) is 2. The molecular weight excluding hydrogens is 312 g/mol. The first-order valence-corrected chi connectivity index (χ1v) is 7.98. The molecule has 0 aliphatic rings. The van der Waals surface area contributed by atoms with Crippen LogP contribution in [0.15, 0.2) is 22.7 Å². The summed E-state index contributed by atoms with van der Waals surface area (Å²) in [4.78, 5) is 4.91. The fourth-order valence-electron chi connectivity index (χ4n) is 2.22. The van der Waals surface area contributed by atoms with Crippen LogP contribution < -0.4 is 5.32 Å². The van der Waals surface area contributed by atoms with Gasteiger partial charge in [0.05, 0.1) is 5.52 Å². The summed E-state index contributed by atoms with van der Waals surface area (Å²) in [5, 5.41) is 4.73. The van der Waals surface area contributed by atoms with Crippen molar-refractivity contribution in [3.8, 4) is 0 Å². The van der Waals surface area contributed by atoms with Crippen molar-refractivity contribution < 1.29 is 0 Å². The van der Waals surface area contributed by atoms with E-state index < -0.39 is 0 Å². The highest BCUT2D eigenvalue weighted by molar-refractivity contribution is 9.10. The lowest BCUT2D eigenvalue weighted by molar-refractivity contribution is 0.571. The smallest absolute Gasteiger partial charge is 0.0766 e. The molecule has 0 atom stereocenters. The third-order valence-corrected chi connectivity index (χ3v) is 4.11. The van der Waals surface area contributed by atoms with Gasteiger partial charge in [0.1, 0.15) is 0 Å². The van der Waals surface area contributed by atoms with E-state index in [0.717, 1.165) is 28.6 Å². The maximum absolute atomic E-state index is 4.91. The van der Waals surface area contributed by atoms with E-state index in [0.29, 0.717) is 0 Å². The predicted molar refractivity (Wildman–Crippen MR) is 91.7 cm³/mol. The monoisotopic (exact) mass is 334 g/mol. The van der Waals surface area contributed by atoms with E-state index in [2.05, 4.69) is 74.1 Å². The molecule has 2 aromatic rings. The molecular formula is C17H23BrN2. The molecule has 0 saturated heterocycles. The van der Waals surface area contributed by atoms with E-state index in [1.807, 2.05) is 0 Å². The van der Waals surface area contributed by atoms with Gasteiger partial charge in [-0.25, -0.2) is 0 Å². The summed E-state index contributed by atoms with van der Waals surface area (Å²) in [5.74, 6) is 0. The summed E-state index contributed by atoms with van der Waals surface area (Å²) in [6.45, 7) is 11.9. The average Bonchev–Trinajstić information content (AvgIpc) is 2.39. The highest BCUT2D eigenvalue weighted by Crippen LogP contribution is 2.35. The SMILES string of the molecule is CCCNc1cc(C(C)(C)C)nc2c(C)ccc(Br)c12. The highest BCUT2D eigenvalue weighted by atomic mass is 79.9. The van der Waals surface area contributed by atoms with Gasteiger partial charge in [-0.15, -0.1) is 0 Å². The Hall–Kier alpha value is -1.09. The van der Waals surface area contributed by atoms with Crippen molar-refractivity contribution in [1.82, 2.24) is 4.98 Å². The van der Waals surface area contributed by atoms with Gasteiger partial charge >= 0.3 is 0 Å². The van der Waals surface area contributed by atoms with Crippen LogP contribution in [0.25, 0.3) is 10.9 Å². The van der Waals surface area contributed by atoms with Crippen molar-refractivity contribution in [2.24, 2.45) is 0 Å². The number of nitrogens with one attached hydrogen (secondary N) is 1. The standard InChI is InChI=1S/C17H23BrN2/c1-6-9-19-13-10-14(17(3,4)5)20-16-11(2)7-8-12(18)15(13)16/h7-8,10H,6,9H2,1-5H3,(H,19,20). The minimum absolute atomic E-state index is 0.0472. The summed E-state index contributed by atoms with van der Waals surface area (Å²) in [5.41, 5.74) is 4.66. The molecule has 1 aromatic heterocycles. The number of nitrogens with zero attached hydrogens (tertiary/aromatic N) is 1. The summed E-state index contributed by atoms with van der Waals surface area (Å²) in [6, 6.07) is 6.42. The Bertz CT molecular complexity index is 627. The molecule has 0 radical (unpaired) electrons. The minimum Gasteiger partial charge on any atom is -0.384 e. The van der Waals surface area contributed by atoms with Crippen LogP contribution in [0.2, 0.25) is 0 Å². The van der Waals surface area contributed by atoms with Crippen LogP contribution in [-0.2, 0) is 5.41 Å². The zero-order chi connectivity index (χ0) is 14.9. The summed E-state index contributed by atoms with van der Waals surface area (Å²) >= 11 is 3.67. The number of hydrogen-bond donors (Lipinski definition) is 1. The predicted octanol–water partition coefficient (Wildman–Crippen LogP) is 5.43. The first-order valence-electron chi connectivity index (χ1n) is 7.18. The van der Waals surface area contributed by atoms with Crippen LogP contribution in [0.3, 0.4) is 0 Å². The van der Waals surface area contributed by atoms with Crippen molar-refractivity contribution in [3.05, 3.63) is 33.9 Å². The molecule has 0 aliphatic heterocycles. The second-order valence-electron chi connectivity index (χ2n) is 6.32. The van der Waals surface area contributed by atoms with Gasteiger partial charge in [0.15, 0.2) is 0 Å². The molecule has 0 amide bonds. The quantitative estimate of drug-likeness (QED) is 0.809. The van der Waals surface area contributed by atoms with Crippen LogP contribution in [0.1, 0.15) is 45.4 Å². The van der Waals surface area contributed by atoms with Gasteiger partial charge in [-0.05, 0) is 31.0 Å². The highest BCUT2D eigenvalue weighted by Gasteiger charge is 2.19. The second kappa shape index (κ2) is 5.72. The van der Waals surface area contributed by atoms with Gasteiger partial charge in [-0.3, -0.25) is 4.98 Å². The lowest BCUT2D eigenvalue weighted by atomic mass is 9.90. The van der Waals surface area contributed by atoms with Crippen molar-refractivity contribution in [2.45, 2.75) is 46.5 Å². The molecule has 108 valence electrons. The van der Waals surface area contributed by atoms with Gasteiger partial charge in [0, 0.05) is 33.2 Å². The minimum atomic E-state index is 0.0472. The van der Waals surface area contributed by atoms with Crippen LogP contribution >= 0.6 is 15.9 Å². The fraction of sp³-hybridized carbons (Fsp3) is 0.471. The third-order valence-electron chi connectivity index (χ3n) is 3.45. The summed E-state index contributed by atoms with van der Waals surface area (Å²) in [7, 11) is 0. The zero-order valence-corrected chi connectivity index (χ0v) is 14.6. The van der Waals surface area contributed by atoms with E-state index in [1.165, 1.54) is 16.6 Å². The van der Waals surface area contributed by atoms with Crippen LogP contribution in [0, 0.1) is 6.92 Å². The Morgan fingerprint density at radius 3 is 2.55 bits per heavy atom. The molecule has 1 N–H and O–H groups in total. The summed E-state index contributed by atoms with van der Waals surface area (Å²) in [6.07, 6.45) is 1.11. The van der Waals surface area contributed by atoms with Crippen molar-refractivity contribution in [1.29, 1.82) is 0 Å². The maximum Gasteiger partial charge on any atom is 0.0766 e. The van der Waals surface area contributed by atoms with Gasteiger partial charge in [-0.1, -0.05) is 49.7 Å². The van der Waals surface area contributed by atoms with Crippen molar-refractivity contribution in [2.75, 3.05) is 11.9 Å². The Morgan fingerprint density at radius 1 is 1.25 bits per heavy atom. The number of pyridine rings is 1. The van der Waals surface area contributed by atoms with E-state index in [9.17, 15) is 0 Å². The van der Waals surface area contributed by atoms with E-state index in [-0.39, 0.29) is 5.41 Å². The number of benzene rings is 1. The zero-order valence-electron chi connectivity index (χ0n) is 13.0. The van der Waals surface area contributed by atoms with Gasteiger partial charge < -0.3 is 5.32 Å². The first kappa shape index (κ1) is 15.3. The molecule has 0 saturated carbocycles. The lowest BCUT2D eigenvalue weighted by Gasteiger charge is -2.21. The largest absolute Gasteiger partial charge is 0.384 e. The van der Waals surface area contributed by atoms with Crippen molar-refractivity contribution >= 4 is 32.5 Å². The van der Waals surface area contributed by atoms with E-state index in [1.54, 1.807) is 0 Å². The molecule has 0 spiro atoms. The molecule has 2 rings (SSSR count). The molecule has 0 bridgehead atoms. The van der Waals surface area contributed by atoms with E-state index in [4.69, 9.17) is 4.98 Å². The Morgan fingerprint density at radius 2 is 1.95 bits per heavy atom. The molecule has 3 heteroatoms. The number of aromatic nitrogens is 1. The second-order valence-corrected chi connectivity index (χ2v) is 7.17. The third kappa shape index (κ3) is 2.98. The number of rotatable bonds is 3. The molecule has 1 heterocycles. The Kier molecular flexibility index (Phi) is 4.38. The average molecular weight is 335 g/mol. The van der Waals surface area contributed by atoms with Crippen LogP contribution in [0.5, 0.6) is 0 Å². The van der Waals surface area contributed by atoms with Gasteiger partial charge in [0.2, 0.25) is 0 Å². The topological polar surface area (TPSA) is 24.9 Å². The fourth-order valence-corrected chi connectivity index (χ4v) is 2.75. The Balaban J connectivity index is 2.74. The van der Waals surface area contributed by atoms with Gasteiger partial charge in [0.25, 0.3) is 0 Å². The molecule has 0 fully saturated rings. The molecule has 0 aliphatic carbocycles. The number of halogens is 1. The normalized spacial score (nSPS) is 11.9. The van der Waals surface area contributed by atoms with Crippen LogP contribution in [0.4, 0.5) is 5.69 Å². The number of anilines is 1. The number of fused-ring (bicyclic) bond motifs is 1. The van der Waals surface area contributed by atoms with Crippen LogP contribution in [-0.4, -0.2) is 11.5 Å². The Labute approximate surface area is 130 Å². The number of aryl methyl sites for hydroxylation is 1. The molecule has 1 aromatic carbocycles. The van der Waals surface area contributed by atoms with E-state index >= 15 is 0 Å². The summed E-state index contributed by atoms with van der Waals surface area (Å²) < 4.78 is 1.10. The first-order chi connectivity index (χ1) is 9.34. The lowest BCUT2D eigenvalue weighted by Crippen LogP contribution is -2.15. The van der Waals surface area contributed by atoms with Crippen molar-refractivity contribution in [3.63, 3.8) is 0 Å². The molecule has 0 unspecified atom stereocenters. The molecule has 20 heavy (non-hydrogen) atoms. The van der Waals surface area contributed by atoms with Gasteiger partial charge in [-0.2, -0.15) is 0 Å².